The number of nitrogens with zero attached hydrogens (tertiary/aromatic N) is 3. The number of carbonyl (C=O) groups excluding carboxylic acids is 1. The van der Waals surface area contributed by atoms with E-state index < -0.39 is 0 Å². The summed E-state index contributed by atoms with van der Waals surface area (Å²) >= 11 is 0. The number of hydrogen-bond acceptors (Lipinski definition) is 6. The van der Waals surface area contributed by atoms with E-state index in [1.807, 2.05) is 36.1 Å². The molecule has 1 fully saturated rings. The van der Waals surface area contributed by atoms with E-state index in [1.165, 1.54) is 0 Å². The van der Waals surface area contributed by atoms with Crippen molar-refractivity contribution in [2.75, 3.05) is 38.2 Å². The number of anilines is 1. The monoisotopic (exact) mass is 453 g/mol. The average molecular weight is 454 g/mol. The number of ether oxygens (including phenoxy) is 1. The van der Waals surface area contributed by atoms with Gasteiger partial charge in [0.25, 0.3) is 5.56 Å². The van der Waals surface area contributed by atoms with Crippen LogP contribution in [0.3, 0.4) is 0 Å². The maximum atomic E-state index is 12.8. The van der Waals surface area contributed by atoms with Crippen LogP contribution in [-0.2, 0) is 4.79 Å². The van der Waals surface area contributed by atoms with Gasteiger partial charge in [-0.05, 0) is 37.5 Å². The summed E-state index contributed by atoms with van der Waals surface area (Å²) < 4.78 is 5.23. The summed E-state index contributed by atoms with van der Waals surface area (Å²) in [4.78, 5) is 36.5. The van der Waals surface area contributed by atoms with E-state index in [4.69, 9.17) is 4.74 Å². The standard InChI is InChI=1S/C25H35N5O3/c1-5-30(21-8-7-13-29(17-21)24(31)9-6-11-26-18(2)3)22-14-20(16-28-25(22)32)19-10-12-27-23(15-19)33-4/h6,9-10,12,14-16,18,21,26H,5,7-8,11,13,17H2,1-4H3,(H,28,32)/t21-/m0/s1. The Balaban J connectivity index is 1.78. The van der Waals surface area contributed by atoms with E-state index in [-0.39, 0.29) is 17.5 Å². The maximum absolute atomic E-state index is 12.8. The molecule has 2 aromatic heterocycles. The predicted octanol–water partition coefficient (Wildman–Crippen LogP) is 2.82. The highest BCUT2D eigenvalue weighted by Crippen LogP contribution is 2.26. The van der Waals surface area contributed by atoms with Gasteiger partial charge in [-0.1, -0.05) is 19.9 Å². The van der Waals surface area contributed by atoms with Gasteiger partial charge in [0.05, 0.1) is 7.11 Å². The zero-order valence-corrected chi connectivity index (χ0v) is 20.0. The lowest BCUT2D eigenvalue weighted by Crippen LogP contribution is -2.50. The van der Waals surface area contributed by atoms with E-state index in [1.54, 1.807) is 25.6 Å². The summed E-state index contributed by atoms with van der Waals surface area (Å²) in [6.07, 6.45) is 8.76. The number of carbonyl (C=O) groups is 1. The molecule has 1 amide bonds. The SMILES string of the molecule is CCN(c1cc(-c2ccnc(OC)c2)c[nH]c1=O)[C@H]1CCCN(C(=O)C=CCNC(C)C)C1. The molecule has 3 heterocycles. The summed E-state index contributed by atoms with van der Waals surface area (Å²) in [7, 11) is 1.58. The maximum Gasteiger partial charge on any atom is 0.271 e. The first-order chi connectivity index (χ1) is 15.9. The van der Waals surface area contributed by atoms with Crippen LogP contribution in [0.5, 0.6) is 5.88 Å². The number of likely N-dealkylation sites (N-methyl/N-ethyl adjacent to an activating group) is 1. The number of piperidine rings is 1. The lowest BCUT2D eigenvalue weighted by atomic mass is 10.0. The van der Waals surface area contributed by atoms with Crippen LogP contribution in [0.25, 0.3) is 11.1 Å². The van der Waals surface area contributed by atoms with Crippen molar-refractivity contribution in [1.82, 2.24) is 20.2 Å². The Labute approximate surface area is 195 Å². The quantitative estimate of drug-likeness (QED) is 0.568. The number of aromatic amines is 1. The molecule has 2 aromatic rings. The van der Waals surface area contributed by atoms with Crippen molar-refractivity contribution < 1.29 is 9.53 Å². The predicted molar refractivity (Wildman–Crippen MR) is 132 cm³/mol. The van der Waals surface area contributed by atoms with Gasteiger partial charge >= 0.3 is 0 Å². The highest BCUT2D eigenvalue weighted by atomic mass is 16.5. The first kappa shape index (κ1) is 24.5. The number of methoxy groups -OCH3 is 1. The topological polar surface area (TPSA) is 90.6 Å². The summed E-state index contributed by atoms with van der Waals surface area (Å²) in [6.45, 7) is 8.87. The summed E-state index contributed by atoms with van der Waals surface area (Å²) in [5.74, 6) is 0.540. The van der Waals surface area contributed by atoms with Gasteiger partial charge in [-0.3, -0.25) is 9.59 Å². The van der Waals surface area contributed by atoms with Gasteiger partial charge in [-0.15, -0.1) is 0 Å². The van der Waals surface area contributed by atoms with Crippen molar-refractivity contribution in [3.8, 4) is 17.0 Å². The summed E-state index contributed by atoms with van der Waals surface area (Å²) in [5, 5.41) is 3.28. The Hall–Kier alpha value is -3.13. The molecule has 0 aromatic carbocycles. The van der Waals surface area contributed by atoms with Crippen molar-refractivity contribution in [3.63, 3.8) is 0 Å². The summed E-state index contributed by atoms with van der Waals surface area (Å²) in [6, 6.07) is 6.10. The minimum Gasteiger partial charge on any atom is -0.481 e. The lowest BCUT2D eigenvalue weighted by molar-refractivity contribution is -0.127. The second-order valence-corrected chi connectivity index (χ2v) is 8.52. The number of pyridine rings is 2. The van der Waals surface area contributed by atoms with Crippen molar-refractivity contribution in [3.05, 3.63) is 53.1 Å². The summed E-state index contributed by atoms with van der Waals surface area (Å²) in [5.41, 5.74) is 2.27. The molecule has 0 spiro atoms. The minimum atomic E-state index is -0.135. The molecule has 0 aliphatic carbocycles. The number of aromatic nitrogens is 2. The molecule has 8 heteroatoms. The Morgan fingerprint density at radius 3 is 2.94 bits per heavy atom. The zero-order valence-electron chi connectivity index (χ0n) is 20.0. The lowest BCUT2D eigenvalue weighted by Gasteiger charge is -2.39. The first-order valence-electron chi connectivity index (χ1n) is 11.6. The highest BCUT2D eigenvalue weighted by molar-refractivity contribution is 5.87. The van der Waals surface area contributed by atoms with Crippen LogP contribution >= 0.6 is 0 Å². The van der Waals surface area contributed by atoms with Crippen LogP contribution in [-0.4, -0.2) is 66.1 Å². The van der Waals surface area contributed by atoms with Gasteiger partial charge in [0.2, 0.25) is 11.8 Å². The van der Waals surface area contributed by atoms with Crippen molar-refractivity contribution in [2.45, 2.75) is 45.7 Å². The number of likely N-dealkylation sites (tertiary alicyclic amines) is 1. The largest absolute Gasteiger partial charge is 0.481 e. The molecule has 1 saturated heterocycles. The number of hydrogen-bond donors (Lipinski definition) is 2. The number of amides is 1. The molecule has 2 N–H and O–H groups in total. The van der Waals surface area contributed by atoms with Crippen LogP contribution in [0.15, 0.2) is 47.5 Å². The zero-order chi connectivity index (χ0) is 23.8. The van der Waals surface area contributed by atoms with Crippen LogP contribution in [0.4, 0.5) is 5.69 Å². The van der Waals surface area contributed by atoms with E-state index in [9.17, 15) is 9.59 Å². The third-order valence-corrected chi connectivity index (χ3v) is 5.86. The smallest absolute Gasteiger partial charge is 0.271 e. The van der Waals surface area contributed by atoms with Gasteiger partial charge in [-0.25, -0.2) is 4.98 Å². The third-order valence-electron chi connectivity index (χ3n) is 5.86. The highest BCUT2D eigenvalue weighted by Gasteiger charge is 2.28. The molecule has 1 aliphatic heterocycles. The molecule has 1 atom stereocenters. The number of nitrogens with one attached hydrogen (secondary N) is 2. The Kier molecular flexibility index (Phi) is 8.65. The Morgan fingerprint density at radius 2 is 2.21 bits per heavy atom. The Morgan fingerprint density at radius 1 is 1.39 bits per heavy atom. The number of H-pyrrole nitrogens is 1. The van der Waals surface area contributed by atoms with Crippen LogP contribution in [0.2, 0.25) is 0 Å². The molecule has 3 rings (SSSR count). The van der Waals surface area contributed by atoms with Gasteiger partial charge in [-0.2, -0.15) is 0 Å². The molecule has 33 heavy (non-hydrogen) atoms. The van der Waals surface area contributed by atoms with Gasteiger partial charge < -0.3 is 24.8 Å². The van der Waals surface area contributed by atoms with Crippen LogP contribution < -0.4 is 20.5 Å². The van der Waals surface area contributed by atoms with E-state index in [0.29, 0.717) is 37.2 Å². The molecule has 0 unspecified atom stereocenters. The minimum absolute atomic E-state index is 0.0212. The molecular formula is C25H35N5O3. The van der Waals surface area contributed by atoms with E-state index in [2.05, 4.69) is 34.0 Å². The van der Waals surface area contributed by atoms with Gasteiger partial charge in [0.1, 0.15) is 5.69 Å². The molecule has 0 radical (unpaired) electrons. The second kappa shape index (κ2) is 11.7. The molecule has 8 nitrogen and oxygen atoms in total. The number of rotatable bonds is 9. The van der Waals surface area contributed by atoms with Crippen LogP contribution in [0.1, 0.15) is 33.6 Å². The van der Waals surface area contributed by atoms with Crippen LogP contribution in [0, 0.1) is 0 Å². The molecular weight excluding hydrogens is 418 g/mol. The van der Waals surface area contributed by atoms with E-state index >= 15 is 0 Å². The fourth-order valence-corrected chi connectivity index (χ4v) is 4.16. The normalized spacial score (nSPS) is 16.4. The second-order valence-electron chi connectivity index (χ2n) is 8.52. The van der Waals surface area contributed by atoms with Gasteiger partial charge in [0, 0.05) is 68.4 Å². The van der Waals surface area contributed by atoms with Crippen molar-refractivity contribution in [1.29, 1.82) is 0 Å². The fourth-order valence-electron chi connectivity index (χ4n) is 4.16. The molecule has 0 bridgehead atoms. The van der Waals surface area contributed by atoms with Crippen molar-refractivity contribution >= 4 is 11.6 Å². The third kappa shape index (κ3) is 6.44. The molecule has 178 valence electrons. The Bertz CT molecular complexity index is 1020. The van der Waals surface area contributed by atoms with E-state index in [0.717, 1.165) is 30.5 Å². The molecule has 0 saturated carbocycles. The molecule has 1 aliphatic rings. The van der Waals surface area contributed by atoms with Gasteiger partial charge in [0.15, 0.2) is 0 Å². The fraction of sp³-hybridized carbons (Fsp3) is 0.480. The first-order valence-corrected chi connectivity index (χ1v) is 11.6. The van der Waals surface area contributed by atoms with Crippen molar-refractivity contribution in [2.24, 2.45) is 0 Å². The average Bonchev–Trinajstić information content (AvgIpc) is 2.83.